The van der Waals surface area contributed by atoms with Crippen molar-refractivity contribution in [3.63, 3.8) is 0 Å². The lowest BCUT2D eigenvalue weighted by molar-refractivity contribution is -0.134. The number of carbonyl (C=O) groups is 4. The highest BCUT2D eigenvalue weighted by Gasteiger charge is 2.40. The van der Waals surface area contributed by atoms with Crippen LogP contribution in [0.1, 0.15) is 84.9 Å². The Hall–Kier alpha value is -5.37. The summed E-state index contributed by atoms with van der Waals surface area (Å²) in [5, 5.41) is 19.7. The Morgan fingerprint density at radius 2 is 1.80 bits per heavy atom. The van der Waals surface area contributed by atoms with Crippen molar-refractivity contribution < 1.29 is 32.7 Å². The van der Waals surface area contributed by atoms with Gasteiger partial charge in [0.2, 0.25) is 17.7 Å². The number of alkyl halides is 2. The predicted molar refractivity (Wildman–Crippen MR) is 223 cm³/mol. The maximum atomic E-state index is 14.3. The number of hydrogen-bond acceptors (Lipinski definition) is 12. The van der Waals surface area contributed by atoms with Gasteiger partial charge in [-0.25, -0.2) is 18.3 Å². The van der Waals surface area contributed by atoms with Gasteiger partial charge in [0.05, 0.1) is 59.5 Å². The summed E-state index contributed by atoms with van der Waals surface area (Å²) in [4.78, 5) is 62.5. The first-order valence-electron chi connectivity index (χ1n) is 21.1. The van der Waals surface area contributed by atoms with E-state index in [2.05, 4.69) is 40.8 Å². The number of imide groups is 1. The molecule has 61 heavy (non-hydrogen) atoms. The molecule has 3 atom stereocenters. The number of benzene rings is 1. The van der Waals surface area contributed by atoms with Crippen LogP contribution in [0, 0.1) is 5.92 Å². The van der Waals surface area contributed by atoms with Crippen LogP contribution in [0.5, 0.6) is 0 Å². The molecule has 1 aromatic carbocycles. The van der Waals surface area contributed by atoms with Gasteiger partial charge in [0.15, 0.2) is 11.3 Å². The average molecular weight is 856 g/mol. The van der Waals surface area contributed by atoms with Gasteiger partial charge in [-0.15, -0.1) is 11.3 Å². The fourth-order valence-electron chi connectivity index (χ4n) is 9.82. The number of aromatic nitrogens is 5. The Morgan fingerprint density at radius 1 is 0.984 bits per heavy atom. The summed E-state index contributed by atoms with van der Waals surface area (Å²) in [6, 6.07) is 7.76. The quantitative estimate of drug-likeness (QED) is 0.156. The van der Waals surface area contributed by atoms with Gasteiger partial charge in [0.1, 0.15) is 11.4 Å². The summed E-state index contributed by atoms with van der Waals surface area (Å²) in [5.41, 5.74) is 1.68. The van der Waals surface area contributed by atoms with E-state index in [1.54, 1.807) is 10.9 Å². The van der Waals surface area contributed by atoms with Crippen LogP contribution in [0.15, 0.2) is 48.2 Å². The standard InChI is InChI=1S/C42H47F2N11O5S/c43-39(44)37-33(47-42(59)30-17-45-54-11-10-34(48-40(30)54)53-19-27-16-26(53)22-60-27)20-55(50-37)25-6-4-24(5-7-25)18-51-12-14-52(15-13-51)21-36(57)46-32-3-1-2-28-31(23-61-38(28)32)29-8-9-35(56)49-41(29)58/h1-3,10-11,17,20,23-27,29,39H,4-9,12-16,18-19,21-22H2,(H,46,57)(H,47,59)(H,49,56,58)/t24?,25?,26-,27-,29?/m1/s1. The van der Waals surface area contributed by atoms with E-state index in [0.29, 0.717) is 31.0 Å². The summed E-state index contributed by atoms with van der Waals surface area (Å²) in [6.45, 7) is 5.83. The number of piperazine rings is 1. The van der Waals surface area contributed by atoms with E-state index in [0.717, 1.165) is 98.5 Å². The van der Waals surface area contributed by atoms with Gasteiger partial charge in [-0.3, -0.25) is 34.1 Å². The van der Waals surface area contributed by atoms with Gasteiger partial charge < -0.3 is 25.2 Å². The number of carbonyl (C=O) groups excluding carboxylic acids is 4. The van der Waals surface area contributed by atoms with Gasteiger partial charge >= 0.3 is 0 Å². The van der Waals surface area contributed by atoms with E-state index in [-0.39, 0.29) is 59.6 Å². The Labute approximate surface area is 353 Å². The molecule has 1 aliphatic carbocycles. The second-order valence-corrected chi connectivity index (χ2v) is 17.8. The first-order valence-corrected chi connectivity index (χ1v) is 22.0. The minimum atomic E-state index is -2.87. The highest BCUT2D eigenvalue weighted by Crippen LogP contribution is 2.39. The van der Waals surface area contributed by atoms with Crippen molar-refractivity contribution in [2.45, 2.75) is 75.5 Å². The Morgan fingerprint density at radius 3 is 2.56 bits per heavy atom. The molecule has 5 aromatic rings. The fraction of sp³-hybridized carbons (Fsp3) is 0.500. The van der Waals surface area contributed by atoms with E-state index in [4.69, 9.17) is 9.72 Å². The largest absolute Gasteiger partial charge is 0.374 e. The van der Waals surface area contributed by atoms with Crippen LogP contribution in [0.25, 0.3) is 15.7 Å². The molecule has 320 valence electrons. The summed E-state index contributed by atoms with van der Waals surface area (Å²) < 4.78 is 38.3. The van der Waals surface area contributed by atoms with Gasteiger partial charge in [-0.05, 0) is 72.9 Å². The fourth-order valence-corrected chi connectivity index (χ4v) is 10.9. The van der Waals surface area contributed by atoms with Crippen molar-refractivity contribution in [3.8, 4) is 0 Å². The third-order valence-corrected chi connectivity index (χ3v) is 14.1. The van der Waals surface area contributed by atoms with Crippen molar-refractivity contribution in [1.82, 2.24) is 39.5 Å². The number of amides is 4. The summed E-state index contributed by atoms with van der Waals surface area (Å²) >= 11 is 1.49. The van der Waals surface area contributed by atoms with E-state index < -0.39 is 18.0 Å². The second kappa shape index (κ2) is 16.5. The van der Waals surface area contributed by atoms with Crippen molar-refractivity contribution in [2.24, 2.45) is 5.92 Å². The van der Waals surface area contributed by atoms with E-state index in [9.17, 15) is 28.0 Å². The molecule has 0 spiro atoms. The average Bonchev–Trinajstić information content (AvgIpc) is 4.11. The Bertz CT molecular complexity index is 2490. The molecule has 4 aromatic heterocycles. The van der Waals surface area contributed by atoms with Gasteiger partial charge in [0, 0.05) is 58.1 Å². The predicted octanol–water partition coefficient (Wildman–Crippen LogP) is 4.82. The molecule has 0 radical (unpaired) electrons. The lowest BCUT2D eigenvalue weighted by Gasteiger charge is -2.38. The minimum absolute atomic E-state index is 0.0133. The molecule has 5 fully saturated rings. The number of fused-ring (bicyclic) bond motifs is 4. The van der Waals surface area contributed by atoms with Crippen molar-refractivity contribution in [1.29, 1.82) is 0 Å². The molecular weight excluding hydrogens is 809 g/mol. The molecule has 10 rings (SSSR count). The van der Waals surface area contributed by atoms with Gasteiger partial charge in [-0.2, -0.15) is 10.2 Å². The molecule has 4 amide bonds. The number of morpholine rings is 1. The molecule has 16 nitrogen and oxygen atoms in total. The zero-order valence-corrected chi connectivity index (χ0v) is 34.3. The SMILES string of the molecule is O=C1CCC(c2csc3c(NC(=O)CN4CCN(CC5CCC(n6cc(NC(=O)c7cnn8ccc(N9C[C@H]%10C[C@@H]9CO%10)nc78)c(C(F)F)n6)CC5)CC4)cccc23)C(=O)N1. The Balaban J connectivity index is 0.699. The van der Waals surface area contributed by atoms with Crippen LogP contribution >= 0.6 is 11.3 Å². The normalized spacial score (nSPS) is 24.9. The number of nitrogens with zero attached hydrogens (tertiary/aromatic N) is 8. The molecule has 1 saturated carbocycles. The van der Waals surface area contributed by atoms with Crippen LogP contribution in [-0.2, 0) is 19.1 Å². The Kier molecular flexibility index (Phi) is 10.7. The van der Waals surface area contributed by atoms with Crippen LogP contribution < -0.4 is 20.9 Å². The van der Waals surface area contributed by atoms with E-state index >= 15 is 0 Å². The highest BCUT2D eigenvalue weighted by molar-refractivity contribution is 7.18. The summed E-state index contributed by atoms with van der Waals surface area (Å²) in [5.74, 6) is -0.376. The minimum Gasteiger partial charge on any atom is -0.374 e. The number of anilines is 3. The third-order valence-electron chi connectivity index (χ3n) is 13.1. The molecule has 3 N–H and O–H groups in total. The van der Waals surface area contributed by atoms with Crippen molar-refractivity contribution in [2.75, 3.05) is 68.0 Å². The number of halogens is 2. The molecular formula is C42H47F2N11O5S. The van der Waals surface area contributed by atoms with E-state index in [1.165, 1.54) is 28.2 Å². The van der Waals surface area contributed by atoms with Gasteiger partial charge in [-0.1, -0.05) is 12.1 Å². The molecule has 4 aliphatic heterocycles. The number of rotatable bonds is 11. The van der Waals surface area contributed by atoms with Crippen molar-refractivity contribution in [3.05, 3.63) is 65.1 Å². The molecule has 2 bridgehead atoms. The lowest BCUT2D eigenvalue weighted by atomic mass is 9.85. The first kappa shape index (κ1) is 39.7. The van der Waals surface area contributed by atoms with Crippen LogP contribution in [-0.4, -0.2) is 122 Å². The lowest BCUT2D eigenvalue weighted by Crippen LogP contribution is -2.49. The third kappa shape index (κ3) is 7.99. The first-order chi connectivity index (χ1) is 29.6. The van der Waals surface area contributed by atoms with Crippen molar-refractivity contribution >= 4 is 67.9 Å². The topological polar surface area (TPSA) is 171 Å². The number of nitrogens with one attached hydrogen (secondary N) is 3. The molecule has 8 heterocycles. The number of piperidine rings is 1. The zero-order chi connectivity index (χ0) is 41.8. The van der Waals surface area contributed by atoms with E-state index in [1.807, 2.05) is 29.6 Å². The summed E-state index contributed by atoms with van der Waals surface area (Å²) in [6.07, 6.45) is 7.17. The number of hydrogen-bond donors (Lipinski definition) is 3. The van der Waals surface area contributed by atoms with Gasteiger partial charge in [0.25, 0.3) is 12.3 Å². The molecule has 4 saturated heterocycles. The molecule has 5 aliphatic rings. The van der Waals surface area contributed by atoms with Crippen LogP contribution in [0.3, 0.4) is 0 Å². The van der Waals surface area contributed by atoms with Crippen LogP contribution in [0.2, 0.25) is 0 Å². The monoisotopic (exact) mass is 855 g/mol. The van der Waals surface area contributed by atoms with Crippen LogP contribution in [0.4, 0.5) is 26.0 Å². The molecule has 19 heteroatoms. The summed E-state index contributed by atoms with van der Waals surface area (Å²) in [7, 11) is 0. The maximum Gasteiger partial charge on any atom is 0.284 e. The number of thiophene rings is 1. The highest BCUT2D eigenvalue weighted by atomic mass is 32.1. The maximum absolute atomic E-state index is 14.3. The number of ether oxygens (including phenoxy) is 1. The zero-order valence-electron chi connectivity index (χ0n) is 33.5. The smallest absolute Gasteiger partial charge is 0.284 e. The second-order valence-electron chi connectivity index (χ2n) is 16.9. The molecule has 1 unspecified atom stereocenters.